The fraction of sp³-hybridized carbons (Fsp3) is 0.348. The third kappa shape index (κ3) is 7.50. The normalized spacial score (nSPS) is 12.7. The van der Waals surface area contributed by atoms with Crippen LogP contribution in [0.25, 0.3) is 0 Å². The molecule has 3 N–H and O–H groups in total. The molecule has 2 atom stereocenters. The van der Waals surface area contributed by atoms with Gasteiger partial charge in [0.25, 0.3) is 11.8 Å². The number of carbonyl (C=O) groups is 3. The molecule has 6 heteroatoms. The van der Waals surface area contributed by atoms with Crippen molar-refractivity contribution in [3.05, 3.63) is 65.7 Å². The molecular formula is C23H30N3O3+. The molecule has 0 saturated heterocycles. The minimum absolute atomic E-state index is 0.0891. The van der Waals surface area contributed by atoms with Crippen molar-refractivity contribution in [2.45, 2.75) is 32.7 Å². The third-order valence-corrected chi connectivity index (χ3v) is 4.71. The van der Waals surface area contributed by atoms with E-state index in [1.807, 2.05) is 61.5 Å². The molecule has 0 bridgehead atoms. The number of hydrogen-bond acceptors (Lipinski definition) is 3. The van der Waals surface area contributed by atoms with Crippen molar-refractivity contribution in [2.24, 2.45) is 0 Å². The number of rotatable bonds is 10. The fourth-order valence-corrected chi connectivity index (χ4v) is 3.15. The molecule has 0 radical (unpaired) electrons. The average molecular weight is 397 g/mol. The summed E-state index contributed by atoms with van der Waals surface area (Å²) in [7, 11) is 1.78. The van der Waals surface area contributed by atoms with E-state index in [1.54, 1.807) is 7.05 Å². The molecule has 2 rings (SSSR count). The van der Waals surface area contributed by atoms with Gasteiger partial charge in [-0.05, 0) is 37.0 Å². The Labute approximate surface area is 172 Å². The van der Waals surface area contributed by atoms with Gasteiger partial charge in [0.15, 0.2) is 18.9 Å². The molecule has 0 spiro atoms. The van der Waals surface area contributed by atoms with Crippen molar-refractivity contribution in [1.82, 2.24) is 5.32 Å². The number of aryl methyl sites for hydroxylation is 1. The van der Waals surface area contributed by atoms with Gasteiger partial charge in [-0.25, -0.2) is 0 Å². The van der Waals surface area contributed by atoms with Crippen LogP contribution in [0.15, 0.2) is 54.6 Å². The largest absolute Gasteiger partial charge is 0.341 e. The van der Waals surface area contributed by atoms with Crippen molar-refractivity contribution < 1.29 is 19.3 Å². The Balaban J connectivity index is 1.85. The van der Waals surface area contributed by atoms with Crippen molar-refractivity contribution in [1.29, 1.82) is 0 Å². The van der Waals surface area contributed by atoms with Gasteiger partial charge in [-0.2, -0.15) is 0 Å². The van der Waals surface area contributed by atoms with Crippen LogP contribution in [0, 0.1) is 0 Å². The first kappa shape index (κ1) is 22.3. The predicted octanol–water partition coefficient (Wildman–Crippen LogP) is 1.02. The van der Waals surface area contributed by atoms with E-state index in [0.717, 1.165) is 28.1 Å². The molecule has 2 aromatic carbocycles. The second-order valence-corrected chi connectivity index (χ2v) is 7.29. The molecule has 0 aliphatic heterocycles. The van der Waals surface area contributed by atoms with Gasteiger partial charge in [0, 0.05) is 5.69 Å². The number of nitrogens with one attached hydrogen (secondary N) is 3. The molecule has 0 heterocycles. The lowest BCUT2D eigenvalue weighted by molar-refractivity contribution is -0.862. The number of para-hydroxylation sites is 1. The van der Waals surface area contributed by atoms with E-state index in [2.05, 4.69) is 10.6 Å². The van der Waals surface area contributed by atoms with E-state index in [4.69, 9.17) is 0 Å². The lowest BCUT2D eigenvalue weighted by atomic mass is 10.0. The number of amides is 2. The summed E-state index contributed by atoms with van der Waals surface area (Å²) in [4.78, 5) is 37.4. The maximum absolute atomic E-state index is 12.4. The second-order valence-electron chi connectivity index (χ2n) is 7.29. The van der Waals surface area contributed by atoms with Gasteiger partial charge < -0.3 is 15.5 Å². The zero-order valence-corrected chi connectivity index (χ0v) is 17.3. The fourth-order valence-electron chi connectivity index (χ4n) is 3.15. The Bertz CT molecular complexity index is 836. The first-order valence-electron chi connectivity index (χ1n) is 9.91. The van der Waals surface area contributed by atoms with Gasteiger partial charge >= 0.3 is 0 Å². The van der Waals surface area contributed by atoms with Crippen molar-refractivity contribution in [3.63, 3.8) is 0 Å². The molecule has 154 valence electrons. The Morgan fingerprint density at radius 1 is 0.931 bits per heavy atom. The van der Waals surface area contributed by atoms with Crippen molar-refractivity contribution in [2.75, 3.05) is 25.5 Å². The summed E-state index contributed by atoms with van der Waals surface area (Å²) in [6, 6.07) is 16.7. The van der Waals surface area contributed by atoms with Crippen LogP contribution in [-0.4, -0.2) is 43.8 Å². The smallest absolute Gasteiger partial charge is 0.279 e. The monoisotopic (exact) mass is 396 g/mol. The average Bonchev–Trinajstić information content (AvgIpc) is 2.68. The summed E-state index contributed by atoms with van der Waals surface area (Å²) in [5.41, 5.74) is 2.86. The molecule has 0 fully saturated rings. The summed E-state index contributed by atoms with van der Waals surface area (Å²) in [6.45, 7) is 3.78. The first-order chi connectivity index (χ1) is 13.9. The zero-order chi connectivity index (χ0) is 21.2. The lowest BCUT2D eigenvalue weighted by Crippen LogP contribution is -3.11. The molecule has 0 saturated carbocycles. The Hall–Kier alpha value is -2.99. The van der Waals surface area contributed by atoms with Gasteiger partial charge in [0.2, 0.25) is 0 Å². The summed E-state index contributed by atoms with van der Waals surface area (Å²) in [6.07, 6.45) is 1.28. The third-order valence-electron chi connectivity index (χ3n) is 4.71. The number of anilines is 1. The van der Waals surface area contributed by atoms with Crippen LogP contribution in [0.1, 0.15) is 25.0 Å². The predicted molar refractivity (Wildman–Crippen MR) is 114 cm³/mol. The minimum Gasteiger partial charge on any atom is -0.341 e. The Kier molecular flexibility index (Phi) is 8.55. The SMILES string of the molecule is CCc1ccccc1NC(=O)C[NH+](C)CC(=O)N[C@@H](Cc1ccccc1)C(C)=O. The maximum Gasteiger partial charge on any atom is 0.279 e. The van der Waals surface area contributed by atoms with E-state index < -0.39 is 6.04 Å². The highest BCUT2D eigenvalue weighted by atomic mass is 16.2. The van der Waals surface area contributed by atoms with Gasteiger partial charge in [0.1, 0.15) is 0 Å². The Morgan fingerprint density at radius 3 is 2.21 bits per heavy atom. The molecule has 0 aliphatic carbocycles. The summed E-state index contributed by atoms with van der Waals surface area (Å²) >= 11 is 0. The van der Waals surface area contributed by atoms with Crippen LogP contribution >= 0.6 is 0 Å². The highest BCUT2D eigenvalue weighted by Crippen LogP contribution is 2.14. The topological polar surface area (TPSA) is 79.7 Å². The minimum atomic E-state index is -0.567. The van der Waals surface area contributed by atoms with E-state index in [-0.39, 0.29) is 30.7 Å². The number of ketones is 1. The number of benzene rings is 2. The molecule has 1 unspecified atom stereocenters. The van der Waals surface area contributed by atoms with Crippen molar-refractivity contribution in [3.8, 4) is 0 Å². The molecule has 2 amide bonds. The van der Waals surface area contributed by atoms with E-state index in [0.29, 0.717) is 6.42 Å². The number of hydrogen-bond donors (Lipinski definition) is 3. The molecular weight excluding hydrogens is 366 g/mol. The quantitative estimate of drug-likeness (QED) is 0.561. The summed E-state index contributed by atoms with van der Waals surface area (Å²) < 4.78 is 0. The maximum atomic E-state index is 12.4. The highest BCUT2D eigenvalue weighted by molar-refractivity contribution is 5.92. The van der Waals surface area contributed by atoms with Gasteiger partial charge in [0.05, 0.1) is 13.1 Å². The van der Waals surface area contributed by atoms with Crippen LogP contribution in [0.2, 0.25) is 0 Å². The molecule has 0 aliphatic rings. The molecule has 0 aromatic heterocycles. The Morgan fingerprint density at radius 2 is 1.55 bits per heavy atom. The van der Waals surface area contributed by atoms with Gasteiger partial charge in [-0.3, -0.25) is 14.4 Å². The van der Waals surface area contributed by atoms with Gasteiger partial charge in [-0.15, -0.1) is 0 Å². The van der Waals surface area contributed by atoms with E-state index in [1.165, 1.54) is 6.92 Å². The second kappa shape index (κ2) is 11.1. The van der Waals surface area contributed by atoms with Crippen molar-refractivity contribution >= 4 is 23.3 Å². The summed E-state index contributed by atoms with van der Waals surface area (Å²) in [5.74, 6) is -0.488. The van der Waals surface area contributed by atoms with E-state index in [9.17, 15) is 14.4 Å². The molecule has 29 heavy (non-hydrogen) atoms. The van der Waals surface area contributed by atoms with Crippen LogP contribution in [0.5, 0.6) is 0 Å². The van der Waals surface area contributed by atoms with Crippen LogP contribution in [0.3, 0.4) is 0 Å². The molecule has 6 nitrogen and oxygen atoms in total. The van der Waals surface area contributed by atoms with Crippen LogP contribution < -0.4 is 15.5 Å². The van der Waals surface area contributed by atoms with E-state index >= 15 is 0 Å². The standard InChI is InChI=1S/C23H29N3O3/c1-4-19-12-8-9-13-20(19)24-22(28)15-26(3)16-23(29)25-21(17(2)27)14-18-10-6-5-7-11-18/h5-13,21H,4,14-16H2,1-3H3,(H,24,28)(H,25,29)/p+1/t21-/m0/s1. The molecule has 2 aromatic rings. The zero-order valence-electron chi connectivity index (χ0n) is 17.3. The first-order valence-corrected chi connectivity index (χ1v) is 9.91. The number of Topliss-reactive ketones (excluding diaryl/α,β-unsaturated/α-hetero) is 1. The lowest BCUT2D eigenvalue weighted by Gasteiger charge is -2.18. The number of likely N-dealkylation sites (N-methyl/N-ethyl adjacent to an activating group) is 1. The van der Waals surface area contributed by atoms with Crippen LogP contribution in [0.4, 0.5) is 5.69 Å². The van der Waals surface area contributed by atoms with Crippen LogP contribution in [-0.2, 0) is 27.2 Å². The van der Waals surface area contributed by atoms with Gasteiger partial charge in [-0.1, -0.05) is 55.5 Å². The number of carbonyl (C=O) groups excluding carboxylic acids is 3. The highest BCUT2D eigenvalue weighted by Gasteiger charge is 2.21. The summed E-state index contributed by atoms with van der Waals surface area (Å²) in [5, 5.41) is 5.71. The number of quaternary nitrogens is 1.